The lowest BCUT2D eigenvalue weighted by atomic mass is 10.1. The van der Waals surface area contributed by atoms with E-state index < -0.39 is 0 Å². The molecule has 2 rings (SSSR count). The van der Waals surface area contributed by atoms with Crippen LogP contribution < -0.4 is 11.1 Å². The molecular formula is C14H22FN3O. The van der Waals surface area contributed by atoms with Crippen molar-refractivity contribution >= 4 is 5.69 Å². The average molecular weight is 267 g/mol. The second-order valence-corrected chi connectivity index (χ2v) is 4.69. The molecule has 1 fully saturated rings. The first-order chi connectivity index (χ1) is 9.31. The SMILES string of the molecule is NCCc1c(F)cccc1NCCN1CCOCC1. The first kappa shape index (κ1) is 14.2. The molecule has 1 aliphatic rings. The topological polar surface area (TPSA) is 50.5 Å². The smallest absolute Gasteiger partial charge is 0.128 e. The molecule has 0 saturated carbocycles. The second-order valence-electron chi connectivity index (χ2n) is 4.69. The summed E-state index contributed by atoms with van der Waals surface area (Å²) in [5, 5.41) is 3.31. The van der Waals surface area contributed by atoms with Crippen LogP contribution in [0.5, 0.6) is 0 Å². The van der Waals surface area contributed by atoms with E-state index in [0.717, 1.165) is 45.1 Å². The number of nitrogens with zero attached hydrogens (tertiary/aromatic N) is 1. The van der Waals surface area contributed by atoms with E-state index in [1.54, 1.807) is 6.07 Å². The van der Waals surface area contributed by atoms with Gasteiger partial charge >= 0.3 is 0 Å². The van der Waals surface area contributed by atoms with E-state index in [1.807, 2.05) is 6.07 Å². The zero-order valence-corrected chi connectivity index (χ0v) is 11.2. The van der Waals surface area contributed by atoms with E-state index in [-0.39, 0.29) is 5.82 Å². The van der Waals surface area contributed by atoms with E-state index in [9.17, 15) is 4.39 Å². The first-order valence-electron chi connectivity index (χ1n) is 6.82. The molecule has 1 aliphatic heterocycles. The Bertz CT molecular complexity index is 394. The van der Waals surface area contributed by atoms with Crippen molar-refractivity contribution in [2.75, 3.05) is 51.3 Å². The highest BCUT2D eigenvalue weighted by molar-refractivity contribution is 5.52. The van der Waals surface area contributed by atoms with Gasteiger partial charge in [0.25, 0.3) is 0 Å². The first-order valence-corrected chi connectivity index (χ1v) is 6.82. The normalized spacial score (nSPS) is 16.5. The van der Waals surface area contributed by atoms with Crippen molar-refractivity contribution in [2.24, 2.45) is 5.73 Å². The molecule has 1 aromatic carbocycles. The fourth-order valence-corrected chi connectivity index (χ4v) is 2.30. The van der Waals surface area contributed by atoms with Crippen LogP contribution in [-0.2, 0) is 11.2 Å². The Hall–Kier alpha value is -1.17. The Kier molecular flexibility index (Phi) is 5.57. The summed E-state index contributed by atoms with van der Waals surface area (Å²) < 4.78 is 19.0. The fraction of sp³-hybridized carbons (Fsp3) is 0.571. The number of nitrogens with one attached hydrogen (secondary N) is 1. The van der Waals surface area contributed by atoms with Gasteiger partial charge in [-0.05, 0) is 25.1 Å². The van der Waals surface area contributed by atoms with Crippen LogP contribution >= 0.6 is 0 Å². The highest BCUT2D eigenvalue weighted by Gasteiger charge is 2.11. The molecule has 106 valence electrons. The van der Waals surface area contributed by atoms with Crippen LogP contribution in [0, 0.1) is 5.82 Å². The number of benzene rings is 1. The minimum absolute atomic E-state index is 0.179. The standard InChI is InChI=1S/C14H22FN3O/c15-13-2-1-3-14(12(13)4-5-16)17-6-7-18-8-10-19-11-9-18/h1-3,17H,4-11,16H2. The van der Waals surface area contributed by atoms with Crippen molar-refractivity contribution in [1.29, 1.82) is 0 Å². The largest absolute Gasteiger partial charge is 0.383 e. The Balaban J connectivity index is 1.86. The van der Waals surface area contributed by atoms with Gasteiger partial charge in [-0.25, -0.2) is 4.39 Å². The van der Waals surface area contributed by atoms with Crippen molar-refractivity contribution in [3.63, 3.8) is 0 Å². The Morgan fingerprint density at radius 3 is 2.84 bits per heavy atom. The third kappa shape index (κ3) is 4.16. The summed E-state index contributed by atoms with van der Waals surface area (Å²) in [6.45, 7) is 5.76. The molecule has 0 radical (unpaired) electrons. The molecule has 5 heteroatoms. The molecule has 1 saturated heterocycles. The second kappa shape index (κ2) is 7.43. The summed E-state index contributed by atoms with van der Waals surface area (Å²) in [4.78, 5) is 2.35. The molecule has 1 heterocycles. The molecule has 0 aliphatic carbocycles. The third-order valence-electron chi connectivity index (χ3n) is 3.36. The Labute approximate surface area is 113 Å². The number of hydrogen-bond donors (Lipinski definition) is 2. The van der Waals surface area contributed by atoms with Gasteiger partial charge in [0.1, 0.15) is 5.82 Å². The minimum Gasteiger partial charge on any atom is -0.383 e. The Morgan fingerprint density at radius 2 is 2.11 bits per heavy atom. The van der Waals surface area contributed by atoms with Crippen molar-refractivity contribution in [2.45, 2.75) is 6.42 Å². The predicted octanol–water partition coefficient (Wildman–Crippen LogP) is 1.07. The van der Waals surface area contributed by atoms with E-state index >= 15 is 0 Å². The zero-order valence-electron chi connectivity index (χ0n) is 11.2. The average Bonchev–Trinajstić information content (AvgIpc) is 2.44. The molecule has 3 N–H and O–H groups in total. The Morgan fingerprint density at radius 1 is 1.32 bits per heavy atom. The summed E-state index contributed by atoms with van der Waals surface area (Å²) in [7, 11) is 0. The van der Waals surface area contributed by atoms with Crippen molar-refractivity contribution in [3.05, 3.63) is 29.6 Å². The number of halogens is 1. The van der Waals surface area contributed by atoms with Gasteiger partial charge in [-0.3, -0.25) is 4.90 Å². The summed E-state index contributed by atoms with van der Waals surface area (Å²) in [6.07, 6.45) is 0.562. The van der Waals surface area contributed by atoms with Gasteiger partial charge in [-0.2, -0.15) is 0 Å². The van der Waals surface area contributed by atoms with Gasteiger partial charge in [0, 0.05) is 37.4 Å². The van der Waals surface area contributed by atoms with Crippen molar-refractivity contribution in [1.82, 2.24) is 4.90 Å². The summed E-state index contributed by atoms with van der Waals surface area (Å²) >= 11 is 0. The van der Waals surface area contributed by atoms with Gasteiger partial charge in [0.2, 0.25) is 0 Å². The molecule has 19 heavy (non-hydrogen) atoms. The van der Waals surface area contributed by atoms with E-state index in [2.05, 4.69) is 10.2 Å². The van der Waals surface area contributed by atoms with Crippen LogP contribution in [0.3, 0.4) is 0 Å². The molecule has 0 atom stereocenters. The van der Waals surface area contributed by atoms with Gasteiger partial charge in [0.15, 0.2) is 0 Å². The predicted molar refractivity (Wildman–Crippen MR) is 74.9 cm³/mol. The van der Waals surface area contributed by atoms with Crippen LogP contribution in [0.4, 0.5) is 10.1 Å². The van der Waals surface area contributed by atoms with Crippen LogP contribution in [0.15, 0.2) is 18.2 Å². The monoisotopic (exact) mass is 267 g/mol. The number of morpholine rings is 1. The van der Waals surface area contributed by atoms with Crippen LogP contribution in [0.1, 0.15) is 5.56 Å². The van der Waals surface area contributed by atoms with E-state index in [1.165, 1.54) is 6.07 Å². The zero-order chi connectivity index (χ0) is 13.5. The van der Waals surface area contributed by atoms with Gasteiger partial charge in [-0.1, -0.05) is 6.07 Å². The summed E-state index contributed by atoms with van der Waals surface area (Å²) in [5.41, 5.74) is 7.07. The minimum atomic E-state index is -0.179. The van der Waals surface area contributed by atoms with Crippen molar-refractivity contribution in [3.8, 4) is 0 Å². The van der Waals surface area contributed by atoms with Crippen LogP contribution in [-0.4, -0.2) is 50.8 Å². The summed E-state index contributed by atoms with van der Waals surface area (Å²) in [6, 6.07) is 5.12. The summed E-state index contributed by atoms with van der Waals surface area (Å²) in [5.74, 6) is -0.179. The number of hydrogen-bond acceptors (Lipinski definition) is 4. The van der Waals surface area contributed by atoms with Gasteiger partial charge in [-0.15, -0.1) is 0 Å². The molecular weight excluding hydrogens is 245 g/mol. The fourth-order valence-electron chi connectivity index (χ4n) is 2.30. The quantitative estimate of drug-likeness (QED) is 0.809. The number of anilines is 1. The molecule has 0 amide bonds. The van der Waals surface area contributed by atoms with E-state index in [4.69, 9.17) is 10.5 Å². The van der Waals surface area contributed by atoms with E-state index in [0.29, 0.717) is 18.5 Å². The maximum Gasteiger partial charge on any atom is 0.128 e. The lowest BCUT2D eigenvalue weighted by Crippen LogP contribution is -2.39. The highest BCUT2D eigenvalue weighted by atomic mass is 19.1. The molecule has 0 aromatic heterocycles. The molecule has 4 nitrogen and oxygen atoms in total. The highest BCUT2D eigenvalue weighted by Crippen LogP contribution is 2.19. The van der Waals surface area contributed by atoms with Crippen molar-refractivity contribution < 1.29 is 9.13 Å². The molecule has 0 bridgehead atoms. The lowest BCUT2D eigenvalue weighted by molar-refractivity contribution is 0.0398. The third-order valence-corrected chi connectivity index (χ3v) is 3.36. The van der Waals surface area contributed by atoms with Crippen LogP contribution in [0.25, 0.3) is 0 Å². The maximum absolute atomic E-state index is 13.7. The molecule has 0 unspecified atom stereocenters. The van der Waals surface area contributed by atoms with Gasteiger partial charge in [0.05, 0.1) is 13.2 Å². The molecule has 0 spiro atoms. The number of nitrogens with two attached hydrogens (primary N) is 1. The number of rotatable bonds is 6. The molecule has 1 aromatic rings. The number of ether oxygens (including phenoxy) is 1. The van der Waals surface area contributed by atoms with Gasteiger partial charge < -0.3 is 15.8 Å². The maximum atomic E-state index is 13.7. The lowest BCUT2D eigenvalue weighted by Gasteiger charge is -2.26. The van der Waals surface area contributed by atoms with Crippen LogP contribution in [0.2, 0.25) is 0 Å².